The molecule has 0 atom stereocenters. The largest absolute Gasteiger partial charge is 0.335 e. The number of carbonyl (C=O) groups is 1. The van der Waals surface area contributed by atoms with Crippen molar-refractivity contribution in [3.8, 4) is 0 Å². The van der Waals surface area contributed by atoms with E-state index in [2.05, 4.69) is 10.2 Å². The molecule has 0 unspecified atom stereocenters. The number of hydrogen-bond donors (Lipinski definition) is 1. The number of para-hydroxylation sites is 1. The maximum absolute atomic E-state index is 12.8. The Balaban J connectivity index is 1.49. The Morgan fingerprint density at radius 3 is 2.43 bits per heavy atom. The molecule has 1 saturated heterocycles. The Morgan fingerprint density at radius 1 is 1.00 bits per heavy atom. The van der Waals surface area contributed by atoms with Crippen LogP contribution in [0.1, 0.15) is 10.5 Å². The lowest BCUT2D eigenvalue weighted by atomic mass is 10.2. The van der Waals surface area contributed by atoms with Crippen molar-refractivity contribution in [2.45, 2.75) is 4.90 Å². The van der Waals surface area contributed by atoms with Gasteiger partial charge in [-0.15, -0.1) is 0 Å². The molecule has 28 heavy (non-hydrogen) atoms. The van der Waals surface area contributed by atoms with Gasteiger partial charge in [0.1, 0.15) is 0 Å². The van der Waals surface area contributed by atoms with Gasteiger partial charge in [-0.25, -0.2) is 8.42 Å². The number of aromatic amines is 1. The van der Waals surface area contributed by atoms with Crippen molar-refractivity contribution in [2.24, 2.45) is 0 Å². The van der Waals surface area contributed by atoms with Crippen LogP contribution in [-0.4, -0.2) is 59.9 Å². The minimum atomic E-state index is -3.71. The van der Waals surface area contributed by atoms with Crippen LogP contribution >= 0.6 is 23.2 Å². The fourth-order valence-corrected chi connectivity index (χ4v) is 5.01. The number of sulfonamides is 1. The first-order chi connectivity index (χ1) is 13.4. The number of hydrogen-bond acceptors (Lipinski definition) is 4. The fraction of sp³-hybridized carbons (Fsp3) is 0.222. The van der Waals surface area contributed by atoms with Crippen molar-refractivity contribution in [1.82, 2.24) is 19.4 Å². The zero-order valence-electron chi connectivity index (χ0n) is 14.6. The molecular formula is C18H16Cl2N4O3S. The van der Waals surface area contributed by atoms with Crippen molar-refractivity contribution in [3.05, 3.63) is 58.2 Å². The second-order valence-corrected chi connectivity index (χ2v) is 9.14. The number of H-pyrrole nitrogens is 1. The number of fused-ring (bicyclic) bond motifs is 1. The van der Waals surface area contributed by atoms with Crippen LogP contribution in [0.2, 0.25) is 10.0 Å². The van der Waals surface area contributed by atoms with E-state index < -0.39 is 10.0 Å². The molecule has 10 heteroatoms. The van der Waals surface area contributed by atoms with E-state index in [1.54, 1.807) is 4.90 Å². The second kappa shape index (κ2) is 7.36. The van der Waals surface area contributed by atoms with Crippen LogP contribution in [0.5, 0.6) is 0 Å². The molecule has 1 N–H and O–H groups in total. The molecule has 1 aliphatic rings. The van der Waals surface area contributed by atoms with Crippen LogP contribution < -0.4 is 0 Å². The topological polar surface area (TPSA) is 86.4 Å². The highest BCUT2D eigenvalue weighted by Crippen LogP contribution is 2.27. The molecule has 1 amide bonds. The number of halogens is 2. The molecule has 0 radical (unpaired) electrons. The van der Waals surface area contributed by atoms with Crippen LogP contribution in [0.4, 0.5) is 0 Å². The SMILES string of the molecule is O=C(c1n[nH]c2ccccc12)N1CCN(S(=O)(=O)c2ccc(Cl)c(Cl)c2)CC1. The predicted octanol–water partition coefficient (Wildman–Crippen LogP) is 3.02. The van der Waals surface area contributed by atoms with E-state index in [-0.39, 0.29) is 42.0 Å². The number of amides is 1. The van der Waals surface area contributed by atoms with Crippen LogP contribution in [0, 0.1) is 0 Å². The van der Waals surface area contributed by atoms with E-state index in [0.29, 0.717) is 10.7 Å². The zero-order chi connectivity index (χ0) is 19.9. The smallest absolute Gasteiger partial charge is 0.275 e. The summed E-state index contributed by atoms with van der Waals surface area (Å²) in [4.78, 5) is 14.5. The molecule has 2 aromatic carbocycles. The van der Waals surface area contributed by atoms with E-state index in [4.69, 9.17) is 23.2 Å². The van der Waals surface area contributed by atoms with Gasteiger partial charge in [0, 0.05) is 31.6 Å². The maximum Gasteiger partial charge on any atom is 0.275 e. The Labute approximate surface area is 171 Å². The standard InChI is InChI=1S/C18H16Cl2N4O3S/c19-14-6-5-12(11-15(14)20)28(26,27)24-9-7-23(8-10-24)18(25)17-13-3-1-2-4-16(13)21-22-17/h1-6,11H,7-10H2,(H,21,22). The Hall–Kier alpha value is -2.13. The molecule has 0 bridgehead atoms. The third-order valence-corrected chi connectivity index (χ3v) is 7.36. The summed E-state index contributed by atoms with van der Waals surface area (Å²) < 4.78 is 27.0. The molecule has 1 aliphatic heterocycles. The number of benzene rings is 2. The van der Waals surface area contributed by atoms with Gasteiger partial charge in [0.2, 0.25) is 10.0 Å². The molecule has 4 rings (SSSR count). The van der Waals surface area contributed by atoms with Gasteiger partial charge in [0.15, 0.2) is 5.69 Å². The number of nitrogens with one attached hydrogen (secondary N) is 1. The van der Waals surface area contributed by atoms with E-state index in [1.165, 1.54) is 22.5 Å². The van der Waals surface area contributed by atoms with Gasteiger partial charge in [-0.1, -0.05) is 41.4 Å². The quantitative estimate of drug-likeness (QED) is 0.680. The average molecular weight is 439 g/mol. The summed E-state index contributed by atoms with van der Waals surface area (Å²) in [5, 5.41) is 8.20. The van der Waals surface area contributed by atoms with Crippen LogP contribution in [0.25, 0.3) is 10.9 Å². The molecule has 1 aromatic heterocycles. The van der Waals surface area contributed by atoms with Crippen molar-refractivity contribution in [2.75, 3.05) is 26.2 Å². The molecule has 0 spiro atoms. The molecular weight excluding hydrogens is 423 g/mol. The van der Waals surface area contributed by atoms with Crippen molar-refractivity contribution >= 4 is 50.0 Å². The number of aromatic nitrogens is 2. The molecule has 0 saturated carbocycles. The third kappa shape index (κ3) is 3.37. The highest BCUT2D eigenvalue weighted by molar-refractivity contribution is 7.89. The average Bonchev–Trinajstić information content (AvgIpc) is 3.13. The molecule has 3 aromatic rings. The number of rotatable bonds is 3. The van der Waals surface area contributed by atoms with Crippen molar-refractivity contribution in [3.63, 3.8) is 0 Å². The lowest BCUT2D eigenvalue weighted by molar-refractivity contribution is 0.0694. The lowest BCUT2D eigenvalue weighted by Crippen LogP contribution is -2.50. The summed E-state index contributed by atoms with van der Waals surface area (Å²) in [6.07, 6.45) is 0. The van der Waals surface area contributed by atoms with Gasteiger partial charge in [0.25, 0.3) is 5.91 Å². The first kappa shape index (κ1) is 19.2. The molecule has 146 valence electrons. The van der Waals surface area contributed by atoms with Crippen molar-refractivity contribution in [1.29, 1.82) is 0 Å². The summed E-state index contributed by atoms with van der Waals surface area (Å²) in [6, 6.07) is 11.6. The van der Waals surface area contributed by atoms with Gasteiger partial charge in [-0.2, -0.15) is 9.40 Å². The third-order valence-electron chi connectivity index (χ3n) is 4.73. The molecule has 2 heterocycles. The highest BCUT2D eigenvalue weighted by atomic mass is 35.5. The predicted molar refractivity (Wildman–Crippen MR) is 107 cm³/mol. The first-order valence-corrected chi connectivity index (χ1v) is 10.7. The Bertz CT molecular complexity index is 1150. The van der Waals surface area contributed by atoms with E-state index in [1.807, 2.05) is 24.3 Å². The number of nitrogens with zero attached hydrogens (tertiary/aromatic N) is 3. The molecule has 0 aliphatic carbocycles. The number of piperazine rings is 1. The summed E-state index contributed by atoms with van der Waals surface area (Å²) in [7, 11) is -3.71. The number of carbonyl (C=O) groups excluding carboxylic acids is 1. The highest BCUT2D eigenvalue weighted by Gasteiger charge is 2.31. The van der Waals surface area contributed by atoms with Gasteiger partial charge >= 0.3 is 0 Å². The summed E-state index contributed by atoms with van der Waals surface area (Å²) in [6.45, 7) is 0.939. The monoisotopic (exact) mass is 438 g/mol. The van der Waals surface area contributed by atoms with Crippen LogP contribution in [0.15, 0.2) is 47.4 Å². The van der Waals surface area contributed by atoms with Crippen LogP contribution in [0.3, 0.4) is 0 Å². The van der Waals surface area contributed by atoms with E-state index in [9.17, 15) is 13.2 Å². The van der Waals surface area contributed by atoms with Crippen molar-refractivity contribution < 1.29 is 13.2 Å². The Morgan fingerprint density at radius 2 is 1.71 bits per heavy atom. The zero-order valence-corrected chi connectivity index (χ0v) is 16.9. The minimum Gasteiger partial charge on any atom is -0.335 e. The van der Waals surface area contributed by atoms with Gasteiger partial charge in [0.05, 0.1) is 20.5 Å². The maximum atomic E-state index is 12.8. The minimum absolute atomic E-state index is 0.0833. The Kier molecular flexibility index (Phi) is 5.05. The summed E-state index contributed by atoms with van der Waals surface area (Å²) in [5.41, 5.74) is 1.13. The fourth-order valence-electron chi connectivity index (χ4n) is 3.19. The van der Waals surface area contributed by atoms with Gasteiger partial charge in [-0.3, -0.25) is 9.89 Å². The molecule has 1 fully saturated rings. The van der Waals surface area contributed by atoms with Crippen LogP contribution in [-0.2, 0) is 10.0 Å². The van der Waals surface area contributed by atoms with Gasteiger partial charge < -0.3 is 4.90 Å². The lowest BCUT2D eigenvalue weighted by Gasteiger charge is -2.33. The van der Waals surface area contributed by atoms with Gasteiger partial charge in [-0.05, 0) is 24.3 Å². The first-order valence-electron chi connectivity index (χ1n) is 8.55. The summed E-state index contributed by atoms with van der Waals surface area (Å²) in [5.74, 6) is -0.218. The van der Waals surface area contributed by atoms with E-state index >= 15 is 0 Å². The molecule has 7 nitrogen and oxygen atoms in total. The summed E-state index contributed by atoms with van der Waals surface area (Å²) >= 11 is 11.8. The van der Waals surface area contributed by atoms with E-state index in [0.717, 1.165) is 10.9 Å². The second-order valence-electron chi connectivity index (χ2n) is 6.39. The normalized spacial score (nSPS) is 15.9.